The van der Waals surface area contributed by atoms with Gasteiger partial charge in [-0.05, 0) is 36.5 Å². The smallest absolute Gasteiger partial charge is 0.324 e. The van der Waals surface area contributed by atoms with Crippen LogP contribution in [0.1, 0.15) is 43.9 Å². The first kappa shape index (κ1) is 14.0. The van der Waals surface area contributed by atoms with Gasteiger partial charge in [0.05, 0.1) is 5.56 Å². The summed E-state index contributed by atoms with van der Waals surface area (Å²) in [6.07, 6.45) is -2.51. The highest BCUT2D eigenvalue weighted by Crippen LogP contribution is 2.30. The standard InChI is InChI=1S/C13H18F3N/c1-9(2)3-8-12(17)10-4-6-11(7-5-10)13(14,15)16/h4-7,9,12H,3,8,17H2,1-2H3. The molecule has 4 heteroatoms. The molecule has 96 valence electrons. The first-order valence-electron chi connectivity index (χ1n) is 5.73. The van der Waals surface area contributed by atoms with Crippen LogP contribution in [-0.4, -0.2) is 0 Å². The van der Waals surface area contributed by atoms with Crippen LogP contribution in [0, 0.1) is 5.92 Å². The van der Waals surface area contributed by atoms with Crippen molar-refractivity contribution >= 4 is 0 Å². The number of halogens is 3. The molecule has 1 nitrogen and oxygen atoms in total. The summed E-state index contributed by atoms with van der Waals surface area (Å²) >= 11 is 0. The maximum atomic E-state index is 12.3. The Labute approximate surface area is 99.8 Å². The molecular formula is C13H18F3N. The van der Waals surface area contributed by atoms with Crippen molar-refractivity contribution in [3.8, 4) is 0 Å². The molecule has 1 atom stereocenters. The van der Waals surface area contributed by atoms with E-state index in [4.69, 9.17) is 5.73 Å². The molecular weight excluding hydrogens is 227 g/mol. The molecule has 1 aromatic carbocycles. The van der Waals surface area contributed by atoms with Crippen molar-refractivity contribution in [2.24, 2.45) is 11.7 Å². The van der Waals surface area contributed by atoms with Crippen LogP contribution in [0.2, 0.25) is 0 Å². The monoisotopic (exact) mass is 245 g/mol. The number of hydrogen-bond donors (Lipinski definition) is 1. The molecule has 0 heterocycles. The van der Waals surface area contributed by atoms with Crippen LogP contribution in [0.5, 0.6) is 0 Å². The Morgan fingerprint density at radius 1 is 1.06 bits per heavy atom. The van der Waals surface area contributed by atoms with E-state index in [1.807, 2.05) is 0 Å². The van der Waals surface area contributed by atoms with Gasteiger partial charge >= 0.3 is 6.18 Å². The quantitative estimate of drug-likeness (QED) is 0.847. The third kappa shape index (κ3) is 4.38. The normalized spacial score (nSPS) is 14.1. The molecule has 2 N–H and O–H groups in total. The molecule has 0 saturated heterocycles. The summed E-state index contributed by atoms with van der Waals surface area (Å²) in [5.41, 5.74) is 6.06. The van der Waals surface area contributed by atoms with Gasteiger partial charge in [-0.3, -0.25) is 0 Å². The maximum absolute atomic E-state index is 12.3. The Bertz CT molecular complexity index is 341. The average molecular weight is 245 g/mol. The number of alkyl halides is 3. The zero-order chi connectivity index (χ0) is 13.1. The Kier molecular flexibility index (Phi) is 4.57. The van der Waals surface area contributed by atoms with Gasteiger partial charge in [0.2, 0.25) is 0 Å². The zero-order valence-electron chi connectivity index (χ0n) is 10.1. The summed E-state index contributed by atoms with van der Waals surface area (Å²) in [5, 5.41) is 0. The van der Waals surface area contributed by atoms with Crippen LogP contribution in [0.15, 0.2) is 24.3 Å². The topological polar surface area (TPSA) is 26.0 Å². The molecule has 0 saturated carbocycles. The van der Waals surface area contributed by atoms with Gasteiger partial charge in [0.25, 0.3) is 0 Å². The number of rotatable bonds is 4. The number of nitrogens with two attached hydrogens (primary N) is 1. The van der Waals surface area contributed by atoms with Gasteiger partial charge < -0.3 is 5.73 Å². The molecule has 0 amide bonds. The minimum Gasteiger partial charge on any atom is -0.324 e. The molecule has 0 spiro atoms. The van der Waals surface area contributed by atoms with Gasteiger partial charge in [0.1, 0.15) is 0 Å². The predicted molar refractivity (Wildman–Crippen MR) is 62.4 cm³/mol. The fraction of sp³-hybridized carbons (Fsp3) is 0.538. The molecule has 0 aliphatic heterocycles. The highest BCUT2D eigenvalue weighted by Gasteiger charge is 2.30. The average Bonchev–Trinajstić information content (AvgIpc) is 2.25. The third-order valence-electron chi connectivity index (χ3n) is 2.72. The van der Waals surface area contributed by atoms with Crippen LogP contribution in [0.4, 0.5) is 13.2 Å². The van der Waals surface area contributed by atoms with Crippen molar-refractivity contribution in [1.29, 1.82) is 0 Å². The minimum atomic E-state index is -4.28. The second kappa shape index (κ2) is 5.54. The van der Waals surface area contributed by atoms with E-state index in [2.05, 4.69) is 13.8 Å². The van der Waals surface area contributed by atoms with E-state index in [1.165, 1.54) is 12.1 Å². The van der Waals surface area contributed by atoms with E-state index in [-0.39, 0.29) is 6.04 Å². The molecule has 0 radical (unpaired) electrons. The van der Waals surface area contributed by atoms with Gasteiger partial charge in [-0.1, -0.05) is 26.0 Å². The lowest BCUT2D eigenvalue weighted by Gasteiger charge is -2.14. The van der Waals surface area contributed by atoms with Crippen LogP contribution in [0.3, 0.4) is 0 Å². The lowest BCUT2D eigenvalue weighted by atomic mass is 9.97. The first-order valence-corrected chi connectivity index (χ1v) is 5.73. The van der Waals surface area contributed by atoms with Crippen LogP contribution in [0.25, 0.3) is 0 Å². The summed E-state index contributed by atoms with van der Waals surface area (Å²) in [4.78, 5) is 0. The second-order valence-electron chi connectivity index (χ2n) is 4.70. The predicted octanol–water partition coefficient (Wildman–Crippen LogP) is 4.14. The van der Waals surface area contributed by atoms with E-state index in [0.29, 0.717) is 5.92 Å². The van der Waals surface area contributed by atoms with Crippen molar-refractivity contribution in [3.63, 3.8) is 0 Å². The number of benzene rings is 1. The van der Waals surface area contributed by atoms with Crippen LogP contribution < -0.4 is 5.73 Å². The maximum Gasteiger partial charge on any atom is 0.416 e. The molecule has 1 aromatic rings. The van der Waals surface area contributed by atoms with E-state index in [0.717, 1.165) is 30.5 Å². The highest BCUT2D eigenvalue weighted by molar-refractivity contribution is 5.26. The Morgan fingerprint density at radius 3 is 2.00 bits per heavy atom. The molecule has 0 fully saturated rings. The summed E-state index contributed by atoms with van der Waals surface area (Å²) in [5.74, 6) is 0.551. The Balaban J connectivity index is 2.67. The van der Waals surface area contributed by atoms with E-state index in [1.54, 1.807) is 0 Å². The molecule has 1 rings (SSSR count). The van der Waals surface area contributed by atoms with Crippen molar-refractivity contribution in [3.05, 3.63) is 35.4 Å². The lowest BCUT2D eigenvalue weighted by Crippen LogP contribution is -2.12. The molecule has 0 aliphatic carbocycles. The van der Waals surface area contributed by atoms with E-state index >= 15 is 0 Å². The zero-order valence-corrected chi connectivity index (χ0v) is 10.1. The number of hydrogen-bond acceptors (Lipinski definition) is 1. The summed E-state index contributed by atoms with van der Waals surface area (Å²) < 4.78 is 37.0. The highest BCUT2D eigenvalue weighted by atomic mass is 19.4. The van der Waals surface area contributed by atoms with E-state index < -0.39 is 11.7 Å². The van der Waals surface area contributed by atoms with Gasteiger partial charge in [-0.2, -0.15) is 13.2 Å². The molecule has 0 aromatic heterocycles. The molecule has 0 aliphatic rings. The molecule has 0 bridgehead atoms. The van der Waals surface area contributed by atoms with Gasteiger partial charge in [0, 0.05) is 6.04 Å². The van der Waals surface area contributed by atoms with Crippen molar-refractivity contribution in [2.75, 3.05) is 0 Å². The summed E-state index contributed by atoms with van der Waals surface area (Å²) in [7, 11) is 0. The third-order valence-corrected chi connectivity index (χ3v) is 2.72. The SMILES string of the molecule is CC(C)CCC(N)c1ccc(C(F)(F)F)cc1. The molecule has 1 unspecified atom stereocenters. The summed E-state index contributed by atoms with van der Waals surface area (Å²) in [6.45, 7) is 4.19. The molecule has 17 heavy (non-hydrogen) atoms. The van der Waals surface area contributed by atoms with Crippen molar-refractivity contribution < 1.29 is 13.2 Å². The van der Waals surface area contributed by atoms with Crippen molar-refractivity contribution in [2.45, 2.75) is 38.9 Å². The van der Waals surface area contributed by atoms with Gasteiger partial charge in [-0.25, -0.2) is 0 Å². The van der Waals surface area contributed by atoms with Crippen LogP contribution >= 0.6 is 0 Å². The lowest BCUT2D eigenvalue weighted by molar-refractivity contribution is -0.137. The van der Waals surface area contributed by atoms with Crippen LogP contribution in [-0.2, 0) is 6.18 Å². The summed E-state index contributed by atoms with van der Waals surface area (Å²) in [6, 6.07) is 4.93. The van der Waals surface area contributed by atoms with Gasteiger partial charge in [0.15, 0.2) is 0 Å². The fourth-order valence-electron chi connectivity index (χ4n) is 1.60. The van der Waals surface area contributed by atoms with Gasteiger partial charge in [-0.15, -0.1) is 0 Å². The van der Waals surface area contributed by atoms with Crippen molar-refractivity contribution in [1.82, 2.24) is 0 Å². The Morgan fingerprint density at radius 2 is 1.59 bits per heavy atom. The van der Waals surface area contributed by atoms with E-state index in [9.17, 15) is 13.2 Å². The first-order chi connectivity index (χ1) is 7.80. The fourth-order valence-corrected chi connectivity index (χ4v) is 1.60. The second-order valence-corrected chi connectivity index (χ2v) is 4.70. The largest absolute Gasteiger partial charge is 0.416 e. The minimum absolute atomic E-state index is 0.181. The Hall–Kier alpha value is -1.03.